The number of halogens is 3. The van der Waals surface area contributed by atoms with Crippen LogP contribution in [-0.2, 0) is 15.8 Å². The van der Waals surface area contributed by atoms with E-state index in [1.54, 1.807) is 30.3 Å². The maximum Gasteiger partial charge on any atom is 0.417 e. The highest BCUT2D eigenvalue weighted by atomic mass is 19.4. The van der Waals surface area contributed by atoms with Crippen molar-refractivity contribution in [2.75, 3.05) is 32.7 Å². The smallest absolute Gasteiger partial charge is 0.338 e. The molecule has 0 spiro atoms. The van der Waals surface area contributed by atoms with E-state index in [0.717, 1.165) is 18.2 Å². The van der Waals surface area contributed by atoms with Crippen LogP contribution in [0.2, 0.25) is 0 Å². The molecule has 1 fully saturated rings. The molecule has 0 atom stereocenters. The van der Waals surface area contributed by atoms with Gasteiger partial charge in [-0.25, -0.2) is 0 Å². The summed E-state index contributed by atoms with van der Waals surface area (Å²) >= 11 is 0. The fraction of sp³-hybridized carbons (Fsp3) is 0.250. The number of carbonyl (C=O) groups excluding carboxylic acids is 4. The third kappa shape index (κ3) is 6.54. The van der Waals surface area contributed by atoms with E-state index in [4.69, 9.17) is 0 Å². The second-order valence-corrected chi connectivity index (χ2v) is 7.80. The SMILES string of the molecule is [NH3+]/C(=C\C(=O)c1ccccc1)C(=O)NCC(=O)N1CCN(C(=O)c2ccccc2C(F)(F)F)CC1. The van der Waals surface area contributed by atoms with Crippen LogP contribution in [0.1, 0.15) is 26.3 Å². The molecule has 184 valence electrons. The van der Waals surface area contributed by atoms with Crippen LogP contribution in [0.3, 0.4) is 0 Å². The molecule has 1 saturated heterocycles. The first-order valence-corrected chi connectivity index (χ1v) is 10.7. The zero-order valence-electron chi connectivity index (χ0n) is 18.7. The van der Waals surface area contributed by atoms with Crippen molar-refractivity contribution in [2.24, 2.45) is 0 Å². The molecular weight excluding hydrogens is 465 g/mol. The van der Waals surface area contributed by atoms with E-state index in [0.29, 0.717) is 5.56 Å². The average molecular weight is 489 g/mol. The number of quaternary nitrogens is 1. The van der Waals surface area contributed by atoms with Gasteiger partial charge < -0.3 is 20.9 Å². The zero-order chi connectivity index (χ0) is 25.6. The minimum atomic E-state index is -4.66. The van der Waals surface area contributed by atoms with Crippen molar-refractivity contribution in [3.63, 3.8) is 0 Å². The zero-order valence-corrected chi connectivity index (χ0v) is 18.7. The number of hydrogen-bond acceptors (Lipinski definition) is 4. The van der Waals surface area contributed by atoms with E-state index in [1.807, 2.05) is 0 Å². The summed E-state index contributed by atoms with van der Waals surface area (Å²) in [6.07, 6.45) is -3.58. The minimum Gasteiger partial charge on any atom is -0.338 e. The number of nitrogens with one attached hydrogen (secondary N) is 1. The van der Waals surface area contributed by atoms with Crippen LogP contribution in [0.15, 0.2) is 66.4 Å². The van der Waals surface area contributed by atoms with Gasteiger partial charge in [0.15, 0.2) is 11.5 Å². The molecule has 0 bridgehead atoms. The predicted octanol–water partition coefficient (Wildman–Crippen LogP) is 1.11. The summed E-state index contributed by atoms with van der Waals surface area (Å²) in [6.45, 7) is -0.0357. The number of rotatable bonds is 6. The second kappa shape index (κ2) is 11.0. The van der Waals surface area contributed by atoms with Crippen LogP contribution < -0.4 is 11.1 Å². The normalized spacial score (nSPS) is 14.5. The molecule has 0 aliphatic carbocycles. The Hall–Kier alpha value is -3.99. The van der Waals surface area contributed by atoms with E-state index < -0.39 is 40.8 Å². The molecule has 35 heavy (non-hydrogen) atoms. The molecule has 3 rings (SSSR count). The van der Waals surface area contributed by atoms with Crippen molar-refractivity contribution < 1.29 is 38.1 Å². The van der Waals surface area contributed by atoms with E-state index >= 15 is 0 Å². The van der Waals surface area contributed by atoms with Gasteiger partial charge >= 0.3 is 12.1 Å². The number of hydrogen-bond donors (Lipinski definition) is 2. The number of benzene rings is 2. The first-order chi connectivity index (χ1) is 16.6. The van der Waals surface area contributed by atoms with Crippen LogP contribution >= 0.6 is 0 Å². The van der Waals surface area contributed by atoms with Crippen molar-refractivity contribution in [2.45, 2.75) is 6.18 Å². The predicted molar refractivity (Wildman–Crippen MR) is 119 cm³/mol. The Morgan fingerprint density at radius 2 is 1.46 bits per heavy atom. The molecule has 0 unspecified atom stereocenters. The summed E-state index contributed by atoms with van der Waals surface area (Å²) < 4.78 is 39.7. The number of carbonyl (C=O) groups is 4. The fourth-order valence-corrected chi connectivity index (χ4v) is 3.54. The standard InChI is InChI=1S/C24H23F3N4O4/c25-24(26,27)18-9-5-4-8-17(18)23(35)31-12-10-30(11-13-31)21(33)15-29-22(34)19(28)14-20(32)16-6-2-1-3-7-16/h1-9,14H,10-13,15,28H2,(H,29,34)/p+1/b19-14-. The lowest BCUT2D eigenvalue weighted by molar-refractivity contribution is -0.298. The Bertz CT molecular complexity index is 1140. The van der Waals surface area contributed by atoms with E-state index in [9.17, 15) is 32.3 Å². The lowest BCUT2D eigenvalue weighted by Gasteiger charge is -2.35. The molecule has 2 aromatic rings. The number of alkyl halides is 3. The van der Waals surface area contributed by atoms with Gasteiger partial charge in [-0.3, -0.25) is 19.2 Å². The number of nitrogens with zero attached hydrogens (tertiary/aromatic N) is 2. The molecule has 0 saturated carbocycles. The third-order valence-corrected chi connectivity index (χ3v) is 5.44. The monoisotopic (exact) mass is 489 g/mol. The van der Waals surface area contributed by atoms with Crippen molar-refractivity contribution in [3.8, 4) is 0 Å². The summed E-state index contributed by atoms with van der Waals surface area (Å²) in [7, 11) is 0. The van der Waals surface area contributed by atoms with Crippen molar-refractivity contribution in [1.82, 2.24) is 15.1 Å². The average Bonchev–Trinajstić information content (AvgIpc) is 2.86. The summed E-state index contributed by atoms with van der Waals surface area (Å²) in [4.78, 5) is 52.1. The summed E-state index contributed by atoms with van der Waals surface area (Å²) in [6, 6.07) is 12.9. The molecule has 1 aliphatic heterocycles. The van der Waals surface area contributed by atoms with Crippen LogP contribution in [0.5, 0.6) is 0 Å². The highest BCUT2D eigenvalue weighted by Crippen LogP contribution is 2.32. The van der Waals surface area contributed by atoms with Crippen molar-refractivity contribution >= 4 is 23.5 Å². The van der Waals surface area contributed by atoms with Crippen LogP contribution in [0, 0.1) is 0 Å². The lowest BCUT2D eigenvalue weighted by Crippen LogP contribution is -2.56. The molecule has 0 aromatic heterocycles. The van der Waals surface area contributed by atoms with Gasteiger partial charge in [-0.15, -0.1) is 0 Å². The Balaban J connectivity index is 1.51. The molecular formula is C24H24F3N4O4+. The quantitative estimate of drug-likeness (QED) is 0.468. The Labute approximate surface area is 199 Å². The highest BCUT2D eigenvalue weighted by molar-refractivity contribution is 6.08. The topological polar surface area (TPSA) is 114 Å². The Morgan fingerprint density at radius 3 is 2.09 bits per heavy atom. The molecule has 11 heteroatoms. The highest BCUT2D eigenvalue weighted by Gasteiger charge is 2.36. The van der Waals surface area contributed by atoms with Gasteiger partial charge in [0, 0.05) is 31.7 Å². The van der Waals surface area contributed by atoms with Gasteiger partial charge in [0.05, 0.1) is 23.7 Å². The van der Waals surface area contributed by atoms with Gasteiger partial charge in [-0.2, -0.15) is 13.2 Å². The van der Waals surface area contributed by atoms with E-state index in [1.165, 1.54) is 21.9 Å². The molecule has 3 amide bonds. The first kappa shape index (κ1) is 25.6. The molecule has 2 aromatic carbocycles. The second-order valence-electron chi connectivity index (χ2n) is 7.80. The van der Waals surface area contributed by atoms with Gasteiger partial charge in [0.1, 0.15) is 0 Å². The number of piperazine rings is 1. The van der Waals surface area contributed by atoms with E-state index in [2.05, 4.69) is 11.1 Å². The maximum atomic E-state index is 13.2. The molecule has 8 nitrogen and oxygen atoms in total. The van der Waals surface area contributed by atoms with Crippen molar-refractivity contribution in [1.29, 1.82) is 0 Å². The summed E-state index contributed by atoms with van der Waals surface area (Å²) in [5.74, 6) is -2.26. The first-order valence-electron chi connectivity index (χ1n) is 10.7. The number of ketones is 1. The van der Waals surface area contributed by atoms with Crippen molar-refractivity contribution in [3.05, 3.63) is 83.1 Å². The van der Waals surface area contributed by atoms with Crippen LogP contribution in [-0.4, -0.2) is 66.0 Å². The minimum absolute atomic E-state index is 0.0524. The Kier molecular flexibility index (Phi) is 8.02. The van der Waals surface area contributed by atoms with Gasteiger partial charge in [0.25, 0.3) is 5.91 Å². The Morgan fingerprint density at radius 1 is 0.886 bits per heavy atom. The van der Waals surface area contributed by atoms with Gasteiger partial charge in [-0.1, -0.05) is 42.5 Å². The number of allylic oxidation sites excluding steroid dienone is 1. The largest absolute Gasteiger partial charge is 0.417 e. The summed E-state index contributed by atoms with van der Waals surface area (Å²) in [5, 5.41) is 2.40. The maximum absolute atomic E-state index is 13.2. The molecule has 4 N–H and O–H groups in total. The molecule has 0 radical (unpaired) electrons. The molecule has 1 heterocycles. The number of amides is 3. The fourth-order valence-electron chi connectivity index (χ4n) is 3.54. The lowest BCUT2D eigenvalue weighted by atomic mass is 10.1. The third-order valence-electron chi connectivity index (χ3n) is 5.44. The van der Waals surface area contributed by atoms with Crippen LogP contribution in [0.25, 0.3) is 0 Å². The van der Waals surface area contributed by atoms with E-state index in [-0.39, 0.29) is 38.4 Å². The molecule has 1 aliphatic rings. The van der Waals surface area contributed by atoms with Gasteiger partial charge in [0.2, 0.25) is 5.91 Å². The van der Waals surface area contributed by atoms with Gasteiger partial charge in [-0.05, 0) is 12.1 Å². The summed E-state index contributed by atoms with van der Waals surface area (Å²) in [5.41, 5.74) is 2.40. The van der Waals surface area contributed by atoms with Crippen LogP contribution in [0.4, 0.5) is 13.2 Å².